The summed E-state index contributed by atoms with van der Waals surface area (Å²) >= 11 is 0. The number of rotatable bonds is 26. The number of aromatic nitrogens is 2. The lowest BCUT2D eigenvalue weighted by molar-refractivity contribution is -0.383. The van der Waals surface area contributed by atoms with E-state index in [1.54, 1.807) is 6.07 Å². The fourth-order valence-corrected chi connectivity index (χ4v) is 14.5. The van der Waals surface area contributed by atoms with Gasteiger partial charge in [0.25, 0.3) is 11.8 Å². The Kier molecular flexibility index (Phi) is 17.0. The molecule has 0 fully saturated rings. The number of non-ortho nitro benzene ring substituents is 1. The second-order valence-electron chi connectivity index (χ2n) is 22.9. The molecule has 1 aromatic heterocycles. The van der Waals surface area contributed by atoms with Crippen molar-refractivity contribution in [2.45, 2.75) is 66.5 Å². The standard InChI is InChI=1S/C70H80N12O7/c1-9-75(10-2)47-25-29-55-61(43-47)87-62-44-48(76(11-3)12-4)26-30-56(62)69(55)53-23-19-17-21-51(53)67(83)80(69)41-37-71-35-39-79(59-33-34-60(82(85)86)66-65(59)73-89-74-66)40-36-72-38-42-81-68(84)52-22-18-20-24-54(52)70(81)57-31-27-49(77(13-5)14-6)45-63(57)88-64-46-50(28-32-58(64)70)78(15-7)16-8/h17-34,43-46,71-72H,9-16,35-42H2,1-8H3. The molecule has 5 heterocycles. The highest BCUT2D eigenvalue weighted by Gasteiger charge is 2.58. The number of hydrogen-bond donors (Lipinski definition) is 2. The molecule has 0 saturated carbocycles. The third-order valence-electron chi connectivity index (χ3n) is 18.8. The minimum absolute atomic E-state index is 0.0594. The molecule has 2 spiro atoms. The minimum atomic E-state index is -0.993. The predicted molar refractivity (Wildman–Crippen MR) is 351 cm³/mol. The molecule has 7 aromatic carbocycles. The van der Waals surface area contributed by atoms with Crippen LogP contribution in [0.5, 0.6) is 23.0 Å². The fourth-order valence-electron chi connectivity index (χ4n) is 14.5. The van der Waals surface area contributed by atoms with Gasteiger partial charge in [0, 0.05) is 191 Å². The Bertz CT molecular complexity index is 3620. The Morgan fingerprint density at radius 1 is 0.449 bits per heavy atom. The number of nitrogens with zero attached hydrogens (tertiary/aromatic N) is 10. The topological polar surface area (TPSA) is 181 Å². The van der Waals surface area contributed by atoms with E-state index in [4.69, 9.17) is 14.1 Å². The van der Waals surface area contributed by atoms with Gasteiger partial charge in [-0.2, -0.15) is 0 Å². The average molecular weight is 1200 g/mol. The third-order valence-corrected chi connectivity index (χ3v) is 18.8. The molecule has 19 heteroatoms. The summed E-state index contributed by atoms with van der Waals surface area (Å²) in [7, 11) is 0. The number of benzene rings is 7. The number of fused-ring (bicyclic) bond motifs is 13. The molecule has 12 rings (SSSR count). The summed E-state index contributed by atoms with van der Waals surface area (Å²) < 4.78 is 19.1. The van der Waals surface area contributed by atoms with Gasteiger partial charge < -0.3 is 54.4 Å². The molecule has 0 atom stereocenters. The minimum Gasteiger partial charge on any atom is -0.456 e. The molecule has 4 aliphatic heterocycles. The number of carbonyl (C=O) groups is 2. The highest BCUT2D eigenvalue weighted by Crippen LogP contribution is 2.60. The highest BCUT2D eigenvalue weighted by molar-refractivity contribution is 6.03. The van der Waals surface area contributed by atoms with Crippen molar-refractivity contribution in [2.75, 3.05) is 129 Å². The number of nitrogens with one attached hydrogen (secondary N) is 2. The summed E-state index contributed by atoms with van der Waals surface area (Å²) in [6, 6.07) is 44.7. The molecule has 8 aromatic rings. The van der Waals surface area contributed by atoms with Gasteiger partial charge in [0.1, 0.15) is 34.1 Å². The predicted octanol–water partition coefficient (Wildman–Crippen LogP) is 11.6. The van der Waals surface area contributed by atoms with Crippen LogP contribution in [0.15, 0.2) is 138 Å². The second kappa shape index (κ2) is 25.1. The Morgan fingerprint density at radius 2 is 0.809 bits per heavy atom. The van der Waals surface area contributed by atoms with Crippen molar-refractivity contribution < 1.29 is 28.6 Å². The van der Waals surface area contributed by atoms with Crippen LogP contribution in [0.4, 0.5) is 34.1 Å². The van der Waals surface area contributed by atoms with Crippen LogP contribution in [0.1, 0.15) is 109 Å². The molecule has 19 nitrogen and oxygen atoms in total. The molecule has 2 amide bonds. The first-order valence-corrected chi connectivity index (χ1v) is 31.8. The van der Waals surface area contributed by atoms with E-state index in [1.807, 2.05) is 46.2 Å². The van der Waals surface area contributed by atoms with Crippen molar-refractivity contribution >= 4 is 57.0 Å². The Labute approximate surface area is 520 Å². The number of amides is 2. The summed E-state index contributed by atoms with van der Waals surface area (Å²) in [6.45, 7) is 27.3. The zero-order chi connectivity index (χ0) is 62.1. The number of nitro benzene ring substituents is 1. The van der Waals surface area contributed by atoms with Crippen LogP contribution in [-0.4, -0.2) is 142 Å². The SMILES string of the molecule is CCN(CC)c1ccc2c(c1)Oc1cc(N(CC)CC)ccc1C21c2ccccc2C(=O)N1CCNCCN(CCNCCN1C(=O)c2ccccc2C12c1ccc(N(CC)CC)cc1Oc1cc(N(CC)CC)ccc12)c1ccc([N+](=O)[O-])c2nonc12. The van der Waals surface area contributed by atoms with Gasteiger partial charge in [-0.1, -0.05) is 60.7 Å². The highest BCUT2D eigenvalue weighted by atomic mass is 16.6. The van der Waals surface area contributed by atoms with E-state index in [2.05, 4.69) is 186 Å². The largest absolute Gasteiger partial charge is 0.456 e. The molecule has 0 bridgehead atoms. The maximum atomic E-state index is 15.1. The first kappa shape index (κ1) is 60.1. The van der Waals surface area contributed by atoms with E-state index in [1.165, 1.54) is 6.07 Å². The molecule has 0 saturated heterocycles. The smallest absolute Gasteiger partial charge is 0.300 e. The van der Waals surface area contributed by atoms with Crippen molar-refractivity contribution in [3.05, 3.63) is 188 Å². The maximum absolute atomic E-state index is 15.1. The quantitative estimate of drug-likeness (QED) is 0.0296. The van der Waals surface area contributed by atoms with Crippen LogP contribution in [-0.2, 0) is 11.1 Å². The van der Waals surface area contributed by atoms with E-state index in [9.17, 15) is 10.1 Å². The van der Waals surface area contributed by atoms with Crippen LogP contribution in [0, 0.1) is 10.1 Å². The van der Waals surface area contributed by atoms with E-state index >= 15 is 9.59 Å². The number of carbonyl (C=O) groups excluding carboxylic acids is 2. The van der Waals surface area contributed by atoms with Crippen LogP contribution < -0.4 is 44.6 Å². The van der Waals surface area contributed by atoms with Gasteiger partial charge in [-0.25, -0.2) is 4.63 Å². The lowest BCUT2D eigenvalue weighted by atomic mass is 9.74. The lowest BCUT2D eigenvalue weighted by Crippen LogP contribution is -2.50. The molecule has 0 radical (unpaired) electrons. The summed E-state index contributed by atoms with van der Waals surface area (Å²) in [5.41, 5.74) is 9.71. The van der Waals surface area contributed by atoms with Crippen LogP contribution in [0.2, 0.25) is 0 Å². The molecular weight excluding hydrogens is 1120 g/mol. The van der Waals surface area contributed by atoms with E-state index in [-0.39, 0.29) is 28.5 Å². The normalized spacial score (nSPS) is 14.4. The van der Waals surface area contributed by atoms with Crippen LogP contribution in [0.3, 0.4) is 0 Å². The Morgan fingerprint density at radius 3 is 1.17 bits per heavy atom. The number of hydrogen-bond acceptors (Lipinski definition) is 16. The second-order valence-corrected chi connectivity index (χ2v) is 22.9. The van der Waals surface area contributed by atoms with Gasteiger partial charge in [0.2, 0.25) is 5.52 Å². The monoisotopic (exact) mass is 1200 g/mol. The molecule has 89 heavy (non-hydrogen) atoms. The first-order valence-electron chi connectivity index (χ1n) is 31.8. The molecule has 4 aliphatic rings. The maximum Gasteiger partial charge on any atom is 0.300 e. The summed E-state index contributed by atoms with van der Waals surface area (Å²) in [6.07, 6.45) is 0. The fraction of sp³-hybridized carbons (Fsp3) is 0.371. The molecule has 2 N–H and O–H groups in total. The van der Waals surface area contributed by atoms with Crippen molar-refractivity contribution in [3.8, 4) is 23.0 Å². The zero-order valence-electron chi connectivity index (χ0n) is 52.3. The first-order chi connectivity index (χ1) is 43.4. The van der Waals surface area contributed by atoms with E-state index in [0.717, 1.165) is 108 Å². The van der Waals surface area contributed by atoms with Gasteiger partial charge in [0.15, 0.2) is 5.52 Å². The van der Waals surface area contributed by atoms with Gasteiger partial charge in [-0.3, -0.25) is 19.7 Å². The Balaban J connectivity index is 0.817. The average Bonchev–Trinajstić information content (AvgIpc) is 1.63. The van der Waals surface area contributed by atoms with Gasteiger partial charge in [0.05, 0.1) is 10.6 Å². The van der Waals surface area contributed by atoms with Gasteiger partial charge in [-0.15, -0.1) is 0 Å². The molecule has 0 unspecified atom stereocenters. The molecular formula is C70H80N12O7. The number of ether oxygens (including phenoxy) is 2. The van der Waals surface area contributed by atoms with Gasteiger partial charge >= 0.3 is 5.69 Å². The lowest BCUT2D eigenvalue weighted by Gasteiger charge is -2.45. The van der Waals surface area contributed by atoms with Crippen molar-refractivity contribution in [2.24, 2.45) is 0 Å². The van der Waals surface area contributed by atoms with E-state index in [0.29, 0.717) is 92.2 Å². The van der Waals surface area contributed by atoms with Crippen molar-refractivity contribution in [1.29, 1.82) is 0 Å². The number of nitro groups is 1. The van der Waals surface area contributed by atoms with Crippen LogP contribution in [0.25, 0.3) is 11.0 Å². The van der Waals surface area contributed by atoms with Crippen molar-refractivity contribution in [1.82, 2.24) is 30.7 Å². The van der Waals surface area contributed by atoms with Crippen molar-refractivity contribution in [3.63, 3.8) is 0 Å². The van der Waals surface area contributed by atoms with Crippen LogP contribution >= 0.6 is 0 Å². The molecule has 0 aliphatic carbocycles. The summed E-state index contributed by atoms with van der Waals surface area (Å²) in [4.78, 5) is 57.3. The third kappa shape index (κ3) is 9.98. The zero-order valence-corrected chi connectivity index (χ0v) is 52.3. The summed E-state index contributed by atoms with van der Waals surface area (Å²) in [5.74, 6) is 2.73. The Hall–Kier alpha value is -9.20. The van der Waals surface area contributed by atoms with E-state index < -0.39 is 16.0 Å². The van der Waals surface area contributed by atoms with Gasteiger partial charge in [-0.05, 0) is 119 Å². The molecule has 462 valence electrons. The summed E-state index contributed by atoms with van der Waals surface area (Å²) in [5, 5.41) is 27.8. The number of anilines is 5.